The molecule has 0 spiro atoms. The van der Waals surface area contributed by atoms with Gasteiger partial charge in [-0.15, -0.1) is 0 Å². The molecule has 0 aromatic heterocycles. The highest BCUT2D eigenvalue weighted by Crippen LogP contribution is 2.38. The smallest absolute Gasteiger partial charge is 0.331 e. The Labute approximate surface area is 106 Å². The first-order valence-corrected chi connectivity index (χ1v) is 5.25. The number of hydrogen-bond acceptors (Lipinski definition) is 4. The summed E-state index contributed by atoms with van der Waals surface area (Å²) in [6.45, 7) is 1.52. The molecule has 0 saturated heterocycles. The highest BCUT2D eigenvalue weighted by atomic mass is 16.5. The van der Waals surface area contributed by atoms with Crippen molar-refractivity contribution in [1.29, 1.82) is 0 Å². The van der Waals surface area contributed by atoms with Crippen molar-refractivity contribution in [3.05, 3.63) is 23.3 Å². The third-order valence-electron chi connectivity index (χ3n) is 2.41. The number of rotatable bonds is 5. The first-order valence-electron chi connectivity index (χ1n) is 5.25. The molecular weight excluding hydrogens is 236 g/mol. The predicted octanol–water partition coefficient (Wildman–Crippen LogP) is 2.20. The summed E-state index contributed by atoms with van der Waals surface area (Å²) in [5.41, 5.74) is 0.897. The molecule has 5 heteroatoms. The van der Waals surface area contributed by atoms with Crippen molar-refractivity contribution >= 4 is 12.0 Å². The number of aliphatic carboxylic acids is 1. The average molecular weight is 252 g/mol. The van der Waals surface area contributed by atoms with E-state index in [1.54, 1.807) is 12.1 Å². The largest absolute Gasteiger partial charge is 0.493 e. The molecule has 1 aromatic rings. The van der Waals surface area contributed by atoms with Crippen LogP contribution in [0.3, 0.4) is 0 Å². The van der Waals surface area contributed by atoms with Crippen LogP contribution in [0.2, 0.25) is 0 Å². The van der Waals surface area contributed by atoms with Crippen molar-refractivity contribution in [2.24, 2.45) is 0 Å². The lowest BCUT2D eigenvalue weighted by molar-refractivity contribution is -0.132. The molecule has 0 aliphatic rings. The van der Waals surface area contributed by atoms with E-state index in [-0.39, 0.29) is 5.57 Å². The number of carbonyl (C=O) groups is 1. The minimum atomic E-state index is -0.969. The average Bonchev–Trinajstić information content (AvgIpc) is 2.37. The zero-order valence-corrected chi connectivity index (χ0v) is 10.8. The van der Waals surface area contributed by atoms with Crippen LogP contribution in [0.15, 0.2) is 17.7 Å². The number of ether oxygens (including phenoxy) is 3. The van der Waals surface area contributed by atoms with Crippen LogP contribution in [0.4, 0.5) is 0 Å². The highest BCUT2D eigenvalue weighted by Gasteiger charge is 2.12. The van der Waals surface area contributed by atoms with Gasteiger partial charge in [-0.25, -0.2) is 4.79 Å². The molecule has 1 N–H and O–H groups in total. The maximum Gasteiger partial charge on any atom is 0.331 e. The Morgan fingerprint density at radius 3 is 1.94 bits per heavy atom. The van der Waals surface area contributed by atoms with Gasteiger partial charge < -0.3 is 19.3 Å². The zero-order valence-electron chi connectivity index (χ0n) is 10.8. The number of carboxylic acid groups (broad SMARTS) is 1. The van der Waals surface area contributed by atoms with Crippen LogP contribution in [-0.2, 0) is 4.79 Å². The third-order valence-corrected chi connectivity index (χ3v) is 2.41. The lowest BCUT2D eigenvalue weighted by Crippen LogP contribution is -1.97. The van der Waals surface area contributed by atoms with E-state index in [0.717, 1.165) is 0 Å². The molecule has 0 heterocycles. The molecule has 0 atom stereocenters. The Bertz CT molecular complexity index is 451. The minimum Gasteiger partial charge on any atom is -0.493 e. The maximum absolute atomic E-state index is 10.8. The van der Waals surface area contributed by atoms with E-state index in [1.165, 1.54) is 34.3 Å². The fraction of sp³-hybridized carbons (Fsp3) is 0.308. The summed E-state index contributed by atoms with van der Waals surface area (Å²) in [6, 6.07) is 3.38. The molecule has 18 heavy (non-hydrogen) atoms. The number of benzene rings is 1. The quantitative estimate of drug-likeness (QED) is 0.814. The lowest BCUT2D eigenvalue weighted by Gasteiger charge is -2.13. The predicted molar refractivity (Wildman–Crippen MR) is 67.4 cm³/mol. The van der Waals surface area contributed by atoms with Crippen LogP contribution in [0.5, 0.6) is 17.2 Å². The van der Waals surface area contributed by atoms with Crippen LogP contribution >= 0.6 is 0 Å². The monoisotopic (exact) mass is 252 g/mol. The van der Waals surface area contributed by atoms with Crippen LogP contribution in [0.25, 0.3) is 6.08 Å². The van der Waals surface area contributed by atoms with E-state index in [0.29, 0.717) is 22.8 Å². The van der Waals surface area contributed by atoms with Crippen molar-refractivity contribution in [2.75, 3.05) is 21.3 Å². The van der Waals surface area contributed by atoms with Crippen LogP contribution in [0, 0.1) is 0 Å². The van der Waals surface area contributed by atoms with Gasteiger partial charge >= 0.3 is 5.97 Å². The van der Waals surface area contributed by atoms with E-state index in [2.05, 4.69) is 0 Å². The standard InChI is InChI=1S/C13H16O5/c1-8(13(14)15)5-9-6-10(16-2)12(18-4)11(7-9)17-3/h5-7H,1-4H3,(H,14,15)/b8-5+. The molecular formula is C13H16O5. The second-order valence-corrected chi connectivity index (χ2v) is 3.59. The fourth-order valence-corrected chi connectivity index (χ4v) is 1.50. The molecule has 0 saturated carbocycles. The fourth-order valence-electron chi connectivity index (χ4n) is 1.50. The van der Waals surface area contributed by atoms with Gasteiger partial charge in [-0.3, -0.25) is 0 Å². The van der Waals surface area contributed by atoms with Gasteiger partial charge in [0.2, 0.25) is 5.75 Å². The Morgan fingerprint density at radius 1 is 1.11 bits per heavy atom. The zero-order chi connectivity index (χ0) is 13.7. The molecule has 0 bridgehead atoms. The third kappa shape index (κ3) is 2.94. The number of hydrogen-bond donors (Lipinski definition) is 1. The van der Waals surface area contributed by atoms with Gasteiger partial charge in [-0.05, 0) is 30.7 Å². The van der Waals surface area contributed by atoms with Gasteiger partial charge in [0.1, 0.15) is 0 Å². The topological polar surface area (TPSA) is 65.0 Å². The summed E-state index contributed by atoms with van der Waals surface area (Å²) in [5.74, 6) is 0.483. The van der Waals surface area contributed by atoms with Gasteiger partial charge in [0, 0.05) is 5.57 Å². The van der Waals surface area contributed by atoms with Gasteiger partial charge in [0.15, 0.2) is 11.5 Å². The number of carboxylic acids is 1. The summed E-state index contributed by atoms with van der Waals surface area (Å²) < 4.78 is 15.5. The Hall–Kier alpha value is -2.17. The van der Waals surface area contributed by atoms with Gasteiger partial charge in [-0.2, -0.15) is 0 Å². The molecule has 5 nitrogen and oxygen atoms in total. The van der Waals surface area contributed by atoms with Crippen molar-refractivity contribution in [2.45, 2.75) is 6.92 Å². The van der Waals surface area contributed by atoms with Crippen LogP contribution in [0.1, 0.15) is 12.5 Å². The molecule has 0 amide bonds. The first-order chi connectivity index (χ1) is 8.53. The van der Waals surface area contributed by atoms with E-state index in [9.17, 15) is 4.79 Å². The Kier molecular flexibility index (Phi) is 4.59. The molecule has 1 aromatic carbocycles. The summed E-state index contributed by atoms with van der Waals surface area (Å²) >= 11 is 0. The highest BCUT2D eigenvalue weighted by molar-refractivity contribution is 5.91. The normalized spacial score (nSPS) is 11.0. The molecule has 0 radical (unpaired) electrons. The molecule has 98 valence electrons. The van der Waals surface area contributed by atoms with E-state index >= 15 is 0 Å². The number of methoxy groups -OCH3 is 3. The second kappa shape index (κ2) is 5.95. The lowest BCUT2D eigenvalue weighted by atomic mass is 10.1. The minimum absolute atomic E-state index is 0.226. The molecule has 0 unspecified atom stereocenters. The van der Waals surface area contributed by atoms with Crippen molar-refractivity contribution < 1.29 is 24.1 Å². The molecule has 1 rings (SSSR count). The van der Waals surface area contributed by atoms with E-state index < -0.39 is 5.97 Å². The summed E-state index contributed by atoms with van der Waals surface area (Å²) in [4.78, 5) is 10.8. The van der Waals surface area contributed by atoms with E-state index in [1.807, 2.05) is 0 Å². The molecule has 0 aliphatic heterocycles. The Morgan fingerprint density at radius 2 is 1.61 bits per heavy atom. The van der Waals surface area contributed by atoms with Crippen molar-refractivity contribution in [3.63, 3.8) is 0 Å². The summed E-state index contributed by atoms with van der Waals surface area (Å²) in [7, 11) is 4.53. The molecule has 0 fully saturated rings. The second-order valence-electron chi connectivity index (χ2n) is 3.59. The van der Waals surface area contributed by atoms with Crippen molar-refractivity contribution in [1.82, 2.24) is 0 Å². The summed E-state index contributed by atoms with van der Waals surface area (Å²) in [6.07, 6.45) is 1.53. The van der Waals surface area contributed by atoms with Crippen LogP contribution < -0.4 is 14.2 Å². The van der Waals surface area contributed by atoms with Gasteiger partial charge in [0.05, 0.1) is 21.3 Å². The van der Waals surface area contributed by atoms with Gasteiger partial charge in [0.25, 0.3) is 0 Å². The Balaban J connectivity index is 3.32. The molecule has 0 aliphatic carbocycles. The summed E-state index contributed by atoms with van der Waals surface area (Å²) in [5, 5.41) is 8.84. The van der Waals surface area contributed by atoms with Crippen LogP contribution in [-0.4, -0.2) is 32.4 Å². The van der Waals surface area contributed by atoms with E-state index in [4.69, 9.17) is 19.3 Å². The SMILES string of the molecule is COc1cc(/C=C(\C)C(=O)O)cc(OC)c1OC. The maximum atomic E-state index is 10.8. The van der Waals surface area contributed by atoms with Crippen molar-refractivity contribution in [3.8, 4) is 17.2 Å². The first kappa shape index (κ1) is 13.9. The van der Waals surface area contributed by atoms with Gasteiger partial charge in [-0.1, -0.05) is 0 Å².